The lowest BCUT2D eigenvalue weighted by Crippen LogP contribution is -2.42. The predicted octanol–water partition coefficient (Wildman–Crippen LogP) is 5.93. The van der Waals surface area contributed by atoms with Gasteiger partial charge in [-0.3, -0.25) is 9.69 Å². The fourth-order valence-corrected chi connectivity index (χ4v) is 7.03. The van der Waals surface area contributed by atoms with E-state index in [1.54, 1.807) is 17.9 Å². The minimum atomic E-state index is -1.02. The number of hydrogen-bond donors (Lipinski definition) is 1. The number of nitrogens with zero attached hydrogens (tertiary/aromatic N) is 3. The highest BCUT2D eigenvalue weighted by atomic mass is 35.5. The molecule has 3 heterocycles. The molecule has 2 aliphatic heterocycles. The Kier molecular flexibility index (Phi) is 6.79. The number of carbonyl (C=O) groups is 2. The van der Waals surface area contributed by atoms with Crippen molar-refractivity contribution in [3.05, 3.63) is 51.8 Å². The summed E-state index contributed by atoms with van der Waals surface area (Å²) in [6.45, 7) is 4.26. The van der Waals surface area contributed by atoms with Crippen LogP contribution in [0.4, 0.5) is 10.5 Å². The highest BCUT2D eigenvalue weighted by Crippen LogP contribution is 2.43. The Morgan fingerprint density at radius 3 is 2.79 bits per heavy atom. The Morgan fingerprint density at radius 2 is 2.03 bits per heavy atom. The number of methoxy groups -OCH3 is 1. The summed E-state index contributed by atoms with van der Waals surface area (Å²) in [4.78, 5) is 31.8. The van der Waals surface area contributed by atoms with Crippen LogP contribution in [0.5, 0.6) is 5.75 Å². The third kappa shape index (κ3) is 4.38. The maximum absolute atomic E-state index is 12.7. The monoisotopic (exact) mass is 551 g/mol. The molecule has 1 aromatic heterocycles. The van der Waals surface area contributed by atoms with Crippen molar-refractivity contribution in [2.75, 3.05) is 18.6 Å². The summed E-state index contributed by atoms with van der Waals surface area (Å²) in [7, 11) is 1.40. The first-order valence-electron chi connectivity index (χ1n) is 13.8. The van der Waals surface area contributed by atoms with Gasteiger partial charge < -0.3 is 19.1 Å². The molecule has 9 heteroatoms. The maximum Gasteiger partial charge on any atom is 0.414 e. The second kappa shape index (κ2) is 10.1. The second-order valence-corrected chi connectivity index (χ2v) is 11.5. The number of aryl methyl sites for hydroxylation is 1. The van der Waals surface area contributed by atoms with E-state index in [-0.39, 0.29) is 23.8 Å². The Morgan fingerprint density at radius 1 is 1.21 bits per heavy atom. The highest BCUT2D eigenvalue weighted by molar-refractivity contribution is 6.32. The zero-order valence-electron chi connectivity index (χ0n) is 22.6. The summed E-state index contributed by atoms with van der Waals surface area (Å²) in [6.07, 6.45) is 4.30. The number of halogens is 1. The van der Waals surface area contributed by atoms with Crippen LogP contribution in [0.2, 0.25) is 5.02 Å². The zero-order chi connectivity index (χ0) is 27.4. The average Bonchev–Trinajstić information content (AvgIpc) is 3.57. The molecule has 0 radical (unpaired) electrons. The smallest absolute Gasteiger partial charge is 0.414 e. The van der Waals surface area contributed by atoms with Crippen LogP contribution in [0, 0.1) is 5.92 Å². The standard InChI is InChI=1S/C30H34ClN3O5/c1-16-7-8-22-24(33(16)30(37)38-3)9-10-25-26(22)32-29(34(25)21-6-4-5-18(14-21)17(2)35)27(36)20-13-19-11-12-39-28(19)23(31)15-20/h9-10,13,15-16,18,21,27,36H,4-8,11-12,14H2,1-3H3/t16-,18+,21+,27+/m0/s1. The second-order valence-electron chi connectivity index (χ2n) is 11.1. The van der Waals surface area contributed by atoms with Crippen LogP contribution < -0.4 is 9.64 Å². The fourth-order valence-electron chi connectivity index (χ4n) is 6.73. The summed E-state index contributed by atoms with van der Waals surface area (Å²) in [5, 5.41) is 12.3. The molecule has 39 heavy (non-hydrogen) atoms. The first kappa shape index (κ1) is 26.1. The average molecular weight is 552 g/mol. The van der Waals surface area contributed by atoms with Gasteiger partial charge in [0, 0.05) is 30.0 Å². The van der Waals surface area contributed by atoms with Gasteiger partial charge >= 0.3 is 6.09 Å². The minimum absolute atomic E-state index is 0.00000901. The topological polar surface area (TPSA) is 93.9 Å². The first-order valence-corrected chi connectivity index (χ1v) is 14.2. The van der Waals surface area contributed by atoms with Gasteiger partial charge in [0.2, 0.25) is 0 Å². The lowest BCUT2D eigenvalue weighted by molar-refractivity contribution is -0.122. The normalized spacial score (nSPS) is 23.2. The van der Waals surface area contributed by atoms with Crippen molar-refractivity contribution < 1.29 is 24.2 Å². The fraction of sp³-hybridized carbons (Fsp3) is 0.500. The van der Waals surface area contributed by atoms with Gasteiger partial charge in [-0.05, 0) is 81.3 Å². The van der Waals surface area contributed by atoms with Gasteiger partial charge in [0.25, 0.3) is 0 Å². The third-order valence-corrected chi connectivity index (χ3v) is 9.04. The number of ether oxygens (including phenoxy) is 2. The summed E-state index contributed by atoms with van der Waals surface area (Å²) >= 11 is 6.55. The van der Waals surface area contributed by atoms with Crippen molar-refractivity contribution in [1.82, 2.24) is 9.55 Å². The van der Waals surface area contributed by atoms with Crippen molar-refractivity contribution in [2.24, 2.45) is 5.92 Å². The van der Waals surface area contributed by atoms with E-state index in [4.69, 9.17) is 26.1 Å². The number of aromatic nitrogens is 2. The van der Waals surface area contributed by atoms with E-state index in [0.717, 1.165) is 66.4 Å². The molecular formula is C30H34ClN3O5. The van der Waals surface area contributed by atoms with Gasteiger partial charge in [-0.25, -0.2) is 9.78 Å². The molecule has 8 nitrogen and oxygen atoms in total. The molecule has 0 unspecified atom stereocenters. The molecule has 3 aliphatic rings. The summed E-state index contributed by atoms with van der Waals surface area (Å²) in [6, 6.07) is 7.69. The number of anilines is 1. The molecule has 2 aromatic carbocycles. The number of rotatable bonds is 4. The molecular weight excluding hydrogens is 518 g/mol. The van der Waals surface area contributed by atoms with Crippen LogP contribution in [0.25, 0.3) is 11.0 Å². The van der Waals surface area contributed by atoms with Crippen molar-refractivity contribution in [1.29, 1.82) is 0 Å². The molecule has 206 valence electrons. The molecule has 4 atom stereocenters. The van der Waals surface area contributed by atoms with Gasteiger partial charge in [0.1, 0.15) is 23.5 Å². The van der Waals surface area contributed by atoms with Crippen molar-refractivity contribution in [3.8, 4) is 5.75 Å². The third-order valence-electron chi connectivity index (χ3n) is 8.76. The van der Waals surface area contributed by atoms with Crippen LogP contribution in [0.3, 0.4) is 0 Å². The molecule has 6 rings (SSSR count). The van der Waals surface area contributed by atoms with Gasteiger partial charge in [-0.15, -0.1) is 0 Å². The Labute approximate surface area is 232 Å². The molecule has 0 bridgehead atoms. The number of imidazole rings is 1. The van der Waals surface area contributed by atoms with Crippen LogP contribution in [0.15, 0.2) is 24.3 Å². The SMILES string of the molecule is COC(=O)N1c2ccc3c(nc([C@H](O)c4cc(Cl)c5c(c4)CCO5)n3[C@@H]3CCC[C@@H](C(C)=O)C3)c2CC[C@@H]1C. The van der Waals surface area contributed by atoms with E-state index in [1.165, 1.54) is 7.11 Å². The lowest BCUT2D eigenvalue weighted by Gasteiger charge is -2.34. The highest BCUT2D eigenvalue weighted by Gasteiger charge is 2.35. The Hall–Kier alpha value is -3.10. The first-order chi connectivity index (χ1) is 18.8. The molecule has 1 fully saturated rings. The number of fused-ring (bicyclic) bond motifs is 4. The van der Waals surface area contributed by atoms with E-state index in [9.17, 15) is 14.7 Å². The van der Waals surface area contributed by atoms with Gasteiger partial charge in [-0.2, -0.15) is 0 Å². The van der Waals surface area contributed by atoms with Crippen LogP contribution in [-0.4, -0.2) is 46.3 Å². The van der Waals surface area contributed by atoms with Crippen molar-refractivity contribution in [3.63, 3.8) is 0 Å². The Bertz CT molecular complexity index is 1470. The molecule has 0 spiro atoms. The van der Waals surface area contributed by atoms with E-state index < -0.39 is 12.2 Å². The molecule has 1 amide bonds. The largest absolute Gasteiger partial charge is 0.491 e. The minimum Gasteiger partial charge on any atom is -0.491 e. The Balaban J connectivity index is 1.53. The number of amides is 1. The van der Waals surface area contributed by atoms with Crippen LogP contribution >= 0.6 is 11.6 Å². The summed E-state index contributed by atoms with van der Waals surface area (Å²) < 4.78 is 12.9. The summed E-state index contributed by atoms with van der Waals surface area (Å²) in [5.41, 5.74) is 5.10. The number of aliphatic hydroxyl groups is 1. The van der Waals surface area contributed by atoms with E-state index >= 15 is 0 Å². The zero-order valence-corrected chi connectivity index (χ0v) is 23.3. The van der Waals surface area contributed by atoms with Gasteiger partial charge in [-0.1, -0.05) is 18.0 Å². The van der Waals surface area contributed by atoms with Crippen LogP contribution in [-0.2, 0) is 22.4 Å². The van der Waals surface area contributed by atoms with Gasteiger partial charge in [0.05, 0.1) is 35.5 Å². The molecule has 1 N–H and O–H groups in total. The number of aliphatic hydroxyl groups excluding tert-OH is 1. The quantitative estimate of drug-likeness (QED) is 0.431. The maximum atomic E-state index is 12.7. The summed E-state index contributed by atoms with van der Waals surface area (Å²) in [5.74, 6) is 1.41. The van der Waals surface area contributed by atoms with Crippen molar-refractivity contribution >= 4 is 40.2 Å². The molecule has 3 aromatic rings. The molecule has 1 saturated carbocycles. The van der Waals surface area contributed by atoms with Crippen LogP contribution in [0.1, 0.15) is 80.6 Å². The lowest BCUT2D eigenvalue weighted by atomic mass is 9.83. The number of ketones is 1. The number of benzene rings is 2. The van der Waals surface area contributed by atoms with E-state index in [1.807, 2.05) is 25.1 Å². The van der Waals surface area contributed by atoms with Gasteiger partial charge in [0.15, 0.2) is 0 Å². The number of Topliss-reactive ketones (excluding diaryl/α,β-unsaturated/α-hetero) is 1. The van der Waals surface area contributed by atoms with Crippen molar-refractivity contribution in [2.45, 2.75) is 77.0 Å². The van der Waals surface area contributed by atoms with E-state index in [0.29, 0.717) is 35.2 Å². The molecule has 0 saturated heterocycles. The molecule has 1 aliphatic carbocycles. The number of carbonyl (C=O) groups excluding carboxylic acids is 2. The predicted molar refractivity (Wildman–Crippen MR) is 149 cm³/mol. The van der Waals surface area contributed by atoms with E-state index in [2.05, 4.69) is 4.57 Å². The number of hydrogen-bond acceptors (Lipinski definition) is 6.